The number of aromatic amines is 1. The lowest BCUT2D eigenvalue weighted by Crippen LogP contribution is -2.53. The number of methoxy groups -OCH3 is 1. The van der Waals surface area contributed by atoms with E-state index in [-0.39, 0.29) is 30.4 Å². The number of terminal acetylenes is 1. The van der Waals surface area contributed by atoms with Crippen molar-refractivity contribution in [3.8, 4) is 23.8 Å². The lowest BCUT2D eigenvalue weighted by Gasteiger charge is -2.42. The maximum Gasteiger partial charge on any atom is 0.328 e. The first-order chi connectivity index (χ1) is 17.2. The summed E-state index contributed by atoms with van der Waals surface area (Å²) in [5.74, 6) is 1.87. The first kappa shape index (κ1) is 23.7. The Hall–Kier alpha value is -4.03. The van der Waals surface area contributed by atoms with Crippen molar-refractivity contribution in [2.24, 2.45) is 0 Å². The molecule has 0 aliphatic carbocycles. The van der Waals surface area contributed by atoms with Crippen molar-refractivity contribution in [2.45, 2.75) is 24.9 Å². The number of nitrogens with zero attached hydrogens (tertiary/aromatic N) is 3. The molecule has 2 aliphatic heterocycles. The Morgan fingerprint density at radius 1 is 1.33 bits per heavy atom. The summed E-state index contributed by atoms with van der Waals surface area (Å²) in [4.78, 5) is 35.6. The highest BCUT2D eigenvalue weighted by molar-refractivity contribution is 6.08. The van der Waals surface area contributed by atoms with Crippen LogP contribution in [0.4, 0.5) is 9.18 Å². The van der Waals surface area contributed by atoms with E-state index in [1.54, 1.807) is 42.2 Å². The van der Waals surface area contributed by atoms with Crippen LogP contribution in [0.25, 0.3) is 10.9 Å². The third-order valence-corrected chi connectivity index (χ3v) is 7.19. The highest BCUT2D eigenvalue weighted by atomic mass is 19.1. The van der Waals surface area contributed by atoms with Crippen LogP contribution in [-0.4, -0.2) is 76.1 Å². The van der Waals surface area contributed by atoms with E-state index in [9.17, 15) is 19.1 Å². The van der Waals surface area contributed by atoms with Crippen LogP contribution in [0.1, 0.15) is 29.8 Å². The molecule has 3 amide bonds. The number of aromatic nitrogens is 1. The number of carbonyl (C=O) groups excluding carboxylic acids is 2. The van der Waals surface area contributed by atoms with Crippen molar-refractivity contribution in [1.82, 2.24) is 19.7 Å². The van der Waals surface area contributed by atoms with E-state index in [0.717, 1.165) is 10.9 Å². The van der Waals surface area contributed by atoms with Crippen molar-refractivity contribution < 1.29 is 23.8 Å². The Kier molecular flexibility index (Phi) is 5.64. The summed E-state index contributed by atoms with van der Waals surface area (Å²) < 4.78 is 19.7. The maximum absolute atomic E-state index is 14.5. The van der Waals surface area contributed by atoms with Gasteiger partial charge in [-0.3, -0.25) is 19.5 Å². The number of imide groups is 1. The van der Waals surface area contributed by atoms with Gasteiger partial charge in [-0.2, -0.15) is 0 Å². The minimum Gasteiger partial charge on any atom is -0.508 e. The zero-order chi connectivity index (χ0) is 25.8. The number of likely N-dealkylation sites (N-methyl/N-ethyl adjacent to an activating group) is 1. The van der Waals surface area contributed by atoms with Crippen LogP contribution in [0.2, 0.25) is 0 Å². The molecular formula is C27H27FN4O4. The van der Waals surface area contributed by atoms with Gasteiger partial charge in [-0.25, -0.2) is 9.18 Å². The average molecular weight is 491 g/mol. The zero-order valence-electron chi connectivity index (χ0n) is 20.3. The Bertz CT molecular complexity index is 1430. The van der Waals surface area contributed by atoms with Crippen LogP contribution < -0.4 is 4.74 Å². The molecule has 3 aromatic rings. The molecule has 1 fully saturated rings. The quantitative estimate of drug-likeness (QED) is 0.409. The summed E-state index contributed by atoms with van der Waals surface area (Å²) in [5.41, 5.74) is 1.48. The molecule has 3 heterocycles. The van der Waals surface area contributed by atoms with Crippen LogP contribution >= 0.6 is 0 Å². The number of amides is 3. The van der Waals surface area contributed by atoms with E-state index in [1.807, 2.05) is 11.9 Å². The van der Waals surface area contributed by atoms with Gasteiger partial charge in [0.15, 0.2) is 11.6 Å². The summed E-state index contributed by atoms with van der Waals surface area (Å²) >= 11 is 0. The standard InChI is InChI=1S/C27H27FN4O4/c1-5-9-30(3)10-11-31-25(34)27(2)15-19-18-13-22(36-4)20(28)14-21(18)29-23(19)24(32(27)26(31)35)16-7-6-8-17(33)12-16/h1,6-8,12-14,24,29,33H,9-11,15H2,2-4H3/t24-,27+/m1/s1. The van der Waals surface area contributed by atoms with E-state index in [4.69, 9.17) is 11.2 Å². The molecule has 0 saturated carbocycles. The lowest BCUT2D eigenvalue weighted by molar-refractivity contribution is -0.133. The van der Waals surface area contributed by atoms with E-state index in [1.165, 1.54) is 18.1 Å². The molecule has 2 N–H and O–H groups in total. The number of aromatic hydroxyl groups is 1. The largest absolute Gasteiger partial charge is 0.508 e. The van der Waals surface area contributed by atoms with Crippen molar-refractivity contribution in [2.75, 3.05) is 33.8 Å². The number of fused-ring (bicyclic) bond motifs is 4. The van der Waals surface area contributed by atoms with Gasteiger partial charge < -0.3 is 14.8 Å². The van der Waals surface area contributed by atoms with Crippen LogP contribution in [0.15, 0.2) is 36.4 Å². The zero-order valence-corrected chi connectivity index (χ0v) is 20.3. The number of phenols is 1. The molecule has 186 valence electrons. The van der Waals surface area contributed by atoms with Gasteiger partial charge in [0.05, 0.1) is 13.7 Å². The molecular weight excluding hydrogens is 463 g/mol. The van der Waals surface area contributed by atoms with Gasteiger partial charge >= 0.3 is 6.03 Å². The molecule has 0 radical (unpaired) electrons. The molecule has 0 spiro atoms. The first-order valence-electron chi connectivity index (χ1n) is 11.6. The van der Waals surface area contributed by atoms with Crippen molar-refractivity contribution >= 4 is 22.8 Å². The molecule has 2 atom stereocenters. The number of nitrogens with one attached hydrogen (secondary N) is 1. The summed E-state index contributed by atoms with van der Waals surface area (Å²) in [7, 11) is 3.23. The second-order valence-corrected chi connectivity index (χ2v) is 9.55. The molecule has 9 heteroatoms. The van der Waals surface area contributed by atoms with E-state index in [0.29, 0.717) is 29.9 Å². The van der Waals surface area contributed by atoms with Crippen LogP contribution in [0.3, 0.4) is 0 Å². The number of halogens is 1. The maximum atomic E-state index is 14.5. The molecule has 5 rings (SSSR count). The number of hydrogen-bond acceptors (Lipinski definition) is 5. The monoisotopic (exact) mass is 490 g/mol. The van der Waals surface area contributed by atoms with Gasteiger partial charge in [0.25, 0.3) is 5.91 Å². The average Bonchev–Trinajstić information content (AvgIpc) is 3.27. The minimum absolute atomic E-state index is 0.0379. The number of ether oxygens (including phenoxy) is 1. The number of benzene rings is 2. The Balaban J connectivity index is 1.67. The van der Waals surface area contributed by atoms with Gasteiger partial charge in [-0.1, -0.05) is 18.1 Å². The fraction of sp³-hybridized carbons (Fsp3) is 0.333. The van der Waals surface area contributed by atoms with Gasteiger partial charge in [-0.15, -0.1) is 6.42 Å². The highest BCUT2D eigenvalue weighted by Gasteiger charge is 2.60. The third kappa shape index (κ3) is 3.48. The summed E-state index contributed by atoms with van der Waals surface area (Å²) in [6.45, 7) is 2.80. The van der Waals surface area contributed by atoms with E-state index >= 15 is 0 Å². The summed E-state index contributed by atoms with van der Waals surface area (Å²) in [5, 5.41) is 11.0. The van der Waals surface area contributed by atoms with Crippen molar-refractivity contribution in [1.29, 1.82) is 0 Å². The molecule has 0 bridgehead atoms. The Labute approximate surface area is 208 Å². The lowest BCUT2D eigenvalue weighted by atomic mass is 9.81. The fourth-order valence-electron chi connectivity index (χ4n) is 5.42. The molecule has 2 aliphatic rings. The number of rotatable bonds is 6. The molecule has 36 heavy (non-hydrogen) atoms. The normalized spacial score (nSPS) is 21.2. The van der Waals surface area contributed by atoms with E-state index < -0.39 is 23.4 Å². The van der Waals surface area contributed by atoms with Crippen LogP contribution in [0, 0.1) is 18.2 Å². The highest BCUT2D eigenvalue weighted by Crippen LogP contribution is 2.49. The Morgan fingerprint density at radius 2 is 2.11 bits per heavy atom. The third-order valence-electron chi connectivity index (χ3n) is 7.19. The number of hydrogen-bond donors (Lipinski definition) is 2. The van der Waals surface area contributed by atoms with Gasteiger partial charge in [-0.05, 0) is 43.3 Å². The number of urea groups is 1. The molecule has 8 nitrogen and oxygen atoms in total. The second-order valence-electron chi connectivity index (χ2n) is 9.55. The van der Waals surface area contributed by atoms with Crippen molar-refractivity contribution in [3.63, 3.8) is 0 Å². The van der Waals surface area contributed by atoms with Crippen molar-refractivity contribution in [3.05, 3.63) is 59.0 Å². The molecule has 1 saturated heterocycles. The van der Waals surface area contributed by atoms with Crippen LogP contribution in [-0.2, 0) is 11.2 Å². The second kappa shape index (κ2) is 8.57. The van der Waals surface area contributed by atoms with Crippen LogP contribution in [0.5, 0.6) is 11.5 Å². The summed E-state index contributed by atoms with van der Waals surface area (Å²) in [6, 6.07) is 8.47. The number of H-pyrrole nitrogens is 1. The number of carbonyl (C=O) groups is 2. The SMILES string of the molecule is C#CCN(C)CCN1C(=O)N2[C@H](c3cccc(O)c3)c3[nH]c4cc(F)c(OC)cc4c3C[C@@]2(C)C1=O. The molecule has 2 aromatic carbocycles. The Morgan fingerprint density at radius 3 is 2.81 bits per heavy atom. The summed E-state index contributed by atoms with van der Waals surface area (Å²) in [6.07, 6.45) is 5.63. The molecule has 1 aromatic heterocycles. The first-order valence-corrected chi connectivity index (χ1v) is 11.6. The van der Waals surface area contributed by atoms with Gasteiger partial charge in [0.2, 0.25) is 0 Å². The fourth-order valence-corrected chi connectivity index (χ4v) is 5.42. The van der Waals surface area contributed by atoms with E-state index in [2.05, 4.69) is 10.9 Å². The smallest absolute Gasteiger partial charge is 0.328 e. The minimum atomic E-state index is -1.18. The number of phenolic OH excluding ortho intramolecular Hbond substituents is 1. The molecule has 0 unspecified atom stereocenters. The van der Waals surface area contributed by atoms with Gasteiger partial charge in [0, 0.05) is 42.2 Å². The predicted octanol–water partition coefficient (Wildman–Crippen LogP) is 3.25. The topological polar surface area (TPSA) is 89.1 Å². The van der Waals surface area contributed by atoms with Gasteiger partial charge in [0.1, 0.15) is 17.3 Å². The predicted molar refractivity (Wildman–Crippen MR) is 132 cm³/mol.